The Morgan fingerprint density at radius 1 is 1.26 bits per heavy atom. The summed E-state index contributed by atoms with van der Waals surface area (Å²) >= 11 is 5.07. The number of likely N-dealkylation sites (tertiary alicyclic amines) is 1. The van der Waals surface area contributed by atoms with Crippen LogP contribution >= 0.6 is 12.2 Å². The lowest BCUT2D eigenvalue weighted by Gasteiger charge is -2.36. The van der Waals surface area contributed by atoms with Gasteiger partial charge in [0, 0.05) is 38.6 Å². The molecule has 1 atom stereocenters. The van der Waals surface area contributed by atoms with Crippen molar-refractivity contribution in [2.24, 2.45) is 11.7 Å². The molecule has 108 valence electrons. The fourth-order valence-electron chi connectivity index (χ4n) is 2.78. The SMILES string of the molecule is CN1CCN(C(=O)CN2CCCC(C(N)=S)C2)CC1. The minimum atomic E-state index is 0.247. The van der Waals surface area contributed by atoms with Crippen LogP contribution in [0.3, 0.4) is 0 Å². The van der Waals surface area contributed by atoms with Crippen LogP contribution in [0.25, 0.3) is 0 Å². The fraction of sp³-hybridized carbons (Fsp3) is 0.846. The third kappa shape index (κ3) is 4.12. The van der Waals surface area contributed by atoms with E-state index in [9.17, 15) is 4.79 Å². The van der Waals surface area contributed by atoms with E-state index in [1.54, 1.807) is 0 Å². The molecule has 2 aliphatic rings. The number of nitrogens with zero attached hydrogens (tertiary/aromatic N) is 3. The normalized spacial score (nSPS) is 26.4. The van der Waals surface area contributed by atoms with Gasteiger partial charge in [-0.1, -0.05) is 12.2 Å². The smallest absolute Gasteiger partial charge is 0.236 e. The minimum Gasteiger partial charge on any atom is -0.393 e. The third-order valence-electron chi connectivity index (χ3n) is 4.12. The quantitative estimate of drug-likeness (QED) is 0.725. The molecule has 0 bridgehead atoms. The number of piperazine rings is 1. The van der Waals surface area contributed by atoms with Crippen LogP contribution in [0.15, 0.2) is 0 Å². The lowest BCUT2D eigenvalue weighted by molar-refractivity contribution is -0.134. The summed E-state index contributed by atoms with van der Waals surface area (Å²) in [4.78, 5) is 19.3. The van der Waals surface area contributed by atoms with Gasteiger partial charge in [0.2, 0.25) is 5.91 Å². The lowest BCUT2D eigenvalue weighted by Crippen LogP contribution is -2.51. The van der Waals surface area contributed by atoms with Gasteiger partial charge in [0.15, 0.2) is 0 Å². The van der Waals surface area contributed by atoms with Crippen LogP contribution in [0.1, 0.15) is 12.8 Å². The topological polar surface area (TPSA) is 52.8 Å². The standard InChI is InChI=1S/C13H24N4OS/c1-15-5-7-17(8-6-15)12(18)10-16-4-2-3-11(9-16)13(14)19/h11H,2-10H2,1H3,(H2,14,19). The van der Waals surface area contributed by atoms with Gasteiger partial charge < -0.3 is 15.5 Å². The van der Waals surface area contributed by atoms with E-state index in [0.717, 1.165) is 52.1 Å². The van der Waals surface area contributed by atoms with E-state index in [4.69, 9.17) is 18.0 Å². The Bertz CT molecular complexity index is 342. The molecule has 0 spiro atoms. The Balaban J connectivity index is 1.80. The predicted molar refractivity (Wildman–Crippen MR) is 80.0 cm³/mol. The van der Waals surface area contributed by atoms with Crippen molar-refractivity contribution in [3.8, 4) is 0 Å². The van der Waals surface area contributed by atoms with E-state index in [1.165, 1.54) is 0 Å². The van der Waals surface area contributed by atoms with Crippen LogP contribution in [0.4, 0.5) is 0 Å². The molecule has 0 aromatic carbocycles. The number of piperidine rings is 1. The highest BCUT2D eigenvalue weighted by atomic mass is 32.1. The number of hydrogen-bond donors (Lipinski definition) is 1. The Morgan fingerprint density at radius 2 is 1.95 bits per heavy atom. The summed E-state index contributed by atoms with van der Waals surface area (Å²) in [6, 6.07) is 0. The first-order valence-electron chi connectivity index (χ1n) is 7.04. The average molecular weight is 284 g/mol. The molecule has 0 aliphatic carbocycles. The first-order valence-corrected chi connectivity index (χ1v) is 7.45. The van der Waals surface area contributed by atoms with Crippen LogP contribution in [-0.4, -0.2) is 78.5 Å². The van der Waals surface area contributed by atoms with Crippen LogP contribution in [0.5, 0.6) is 0 Å². The molecule has 2 saturated heterocycles. The zero-order valence-electron chi connectivity index (χ0n) is 11.7. The second kappa shape index (κ2) is 6.63. The number of nitrogens with two attached hydrogens (primary N) is 1. The maximum Gasteiger partial charge on any atom is 0.236 e. The molecule has 0 saturated carbocycles. The highest BCUT2D eigenvalue weighted by Crippen LogP contribution is 2.16. The van der Waals surface area contributed by atoms with E-state index >= 15 is 0 Å². The van der Waals surface area contributed by atoms with Gasteiger partial charge in [-0.2, -0.15) is 0 Å². The fourth-order valence-corrected chi connectivity index (χ4v) is 2.97. The molecule has 2 aliphatic heterocycles. The molecule has 2 N–H and O–H groups in total. The van der Waals surface area contributed by atoms with Gasteiger partial charge in [0.05, 0.1) is 11.5 Å². The first-order chi connectivity index (χ1) is 9.06. The zero-order valence-corrected chi connectivity index (χ0v) is 12.5. The Kier molecular flexibility index (Phi) is 5.13. The van der Waals surface area contributed by atoms with Gasteiger partial charge >= 0.3 is 0 Å². The second-order valence-electron chi connectivity index (χ2n) is 5.66. The molecule has 0 aromatic rings. The number of amides is 1. The van der Waals surface area contributed by atoms with Crippen molar-refractivity contribution < 1.29 is 4.79 Å². The maximum atomic E-state index is 12.3. The van der Waals surface area contributed by atoms with Crippen LogP contribution in [0.2, 0.25) is 0 Å². The molecule has 6 heteroatoms. The molecule has 19 heavy (non-hydrogen) atoms. The largest absolute Gasteiger partial charge is 0.393 e. The Hall–Kier alpha value is -0.720. The van der Waals surface area contributed by atoms with Crippen LogP contribution in [0, 0.1) is 5.92 Å². The summed E-state index contributed by atoms with van der Waals surface area (Å²) in [6.45, 7) is 5.99. The van der Waals surface area contributed by atoms with Crippen LogP contribution in [-0.2, 0) is 4.79 Å². The van der Waals surface area contributed by atoms with Gasteiger partial charge in [-0.3, -0.25) is 9.69 Å². The van der Waals surface area contributed by atoms with Crippen molar-refractivity contribution in [3.63, 3.8) is 0 Å². The number of carbonyl (C=O) groups excluding carboxylic acids is 1. The van der Waals surface area contributed by atoms with Gasteiger partial charge in [-0.15, -0.1) is 0 Å². The molecular weight excluding hydrogens is 260 g/mol. The van der Waals surface area contributed by atoms with Crippen molar-refractivity contribution >= 4 is 23.1 Å². The van der Waals surface area contributed by atoms with Crippen molar-refractivity contribution in [3.05, 3.63) is 0 Å². The van der Waals surface area contributed by atoms with Crippen LogP contribution < -0.4 is 5.73 Å². The predicted octanol–water partition coefficient (Wildman–Crippen LogP) is -0.241. The monoisotopic (exact) mass is 284 g/mol. The summed E-state index contributed by atoms with van der Waals surface area (Å²) in [5, 5.41) is 0. The summed E-state index contributed by atoms with van der Waals surface area (Å²) < 4.78 is 0. The summed E-state index contributed by atoms with van der Waals surface area (Å²) in [5.41, 5.74) is 5.72. The Labute approximate surface area is 120 Å². The summed E-state index contributed by atoms with van der Waals surface area (Å²) in [6.07, 6.45) is 2.15. The third-order valence-corrected chi connectivity index (χ3v) is 4.46. The summed E-state index contributed by atoms with van der Waals surface area (Å²) in [5.74, 6) is 0.528. The van der Waals surface area contributed by atoms with E-state index in [-0.39, 0.29) is 11.8 Å². The van der Waals surface area contributed by atoms with E-state index in [0.29, 0.717) is 11.5 Å². The van der Waals surface area contributed by atoms with E-state index < -0.39 is 0 Å². The summed E-state index contributed by atoms with van der Waals surface area (Å²) in [7, 11) is 2.10. The van der Waals surface area contributed by atoms with Crippen molar-refractivity contribution in [2.75, 3.05) is 52.9 Å². The van der Waals surface area contributed by atoms with E-state index in [1.807, 2.05) is 4.90 Å². The molecule has 2 rings (SSSR count). The van der Waals surface area contributed by atoms with Crippen molar-refractivity contribution in [1.82, 2.24) is 14.7 Å². The zero-order chi connectivity index (χ0) is 13.8. The number of thiocarbonyl (C=S) groups is 1. The molecule has 2 heterocycles. The highest BCUT2D eigenvalue weighted by Gasteiger charge is 2.26. The maximum absolute atomic E-state index is 12.3. The molecule has 0 radical (unpaired) electrons. The molecule has 1 unspecified atom stereocenters. The number of hydrogen-bond acceptors (Lipinski definition) is 4. The number of rotatable bonds is 3. The number of carbonyl (C=O) groups is 1. The van der Waals surface area contributed by atoms with Gasteiger partial charge in [-0.25, -0.2) is 0 Å². The van der Waals surface area contributed by atoms with Crippen molar-refractivity contribution in [1.29, 1.82) is 0 Å². The van der Waals surface area contributed by atoms with Gasteiger partial charge in [0.1, 0.15) is 0 Å². The van der Waals surface area contributed by atoms with E-state index in [2.05, 4.69) is 16.8 Å². The lowest BCUT2D eigenvalue weighted by atomic mass is 9.98. The number of likely N-dealkylation sites (N-methyl/N-ethyl adjacent to an activating group) is 1. The molecule has 0 aromatic heterocycles. The van der Waals surface area contributed by atoms with Gasteiger partial charge in [-0.05, 0) is 26.4 Å². The average Bonchev–Trinajstić information content (AvgIpc) is 2.39. The molecule has 5 nitrogen and oxygen atoms in total. The second-order valence-corrected chi connectivity index (χ2v) is 6.13. The molecule has 1 amide bonds. The van der Waals surface area contributed by atoms with Gasteiger partial charge in [0.25, 0.3) is 0 Å². The molecular formula is C13H24N4OS. The first kappa shape index (κ1) is 14.7. The van der Waals surface area contributed by atoms with Crippen molar-refractivity contribution in [2.45, 2.75) is 12.8 Å². The Morgan fingerprint density at radius 3 is 2.58 bits per heavy atom. The highest BCUT2D eigenvalue weighted by molar-refractivity contribution is 7.80. The minimum absolute atomic E-state index is 0.247. The molecule has 2 fully saturated rings.